The van der Waals surface area contributed by atoms with Crippen molar-refractivity contribution in [2.24, 2.45) is 5.16 Å². The summed E-state index contributed by atoms with van der Waals surface area (Å²) in [6.45, 7) is 3.63. The van der Waals surface area contributed by atoms with Crippen molar-refractivity contribution in [1.82, 2.24) is 0 Å². The highest BCUT2D eigenvalue weighted by atomic mass is 79.9. The highest BCUT2D eigenvalue weighted by Crippen LogP contribution is 2.12. The largest absolute Gasteiger partial charge is 0.361 e. The summed E-state index contributed by atoms with van der Waals surface area (Å²) in [7, 11) is 1.59. The van der Waals surface area contributed by atoms with Crippen LogP contribution in [0.25, 0.3) is 0 Å². The fourth-order valence-corrected chi connectivity index (χ4v) is 1.41. The van der Waals surface area contributed by atoms with Gasteiger partial charge in [-0.15, -0.1) is 0 Å². The Kier molecular flexibility index (Phi) is 4.96. The number of hydrogen-bond donors (Lipinski definition) is 0. The second-order valence-corrected chi connectivity index (χ2v) is 4.29. The minimum Gasteiger partial charge on any atom is -0.361 e. The molecular formula is C12H16BrNO2. The predicted molar refractivity (Wildman–Crippen MR) is 68.9 cm³/mol. The molecule has 0 aromatic heterocycles. The van der Waals surface area contributed by atoms with Crippen LogP contribution < -0.4 is 0 Å². The van der Waals surface area contributed by atoms with Crippen LogP contribution in [0.3, 0.4) is 0 Å². The van der Waals surface area contributed by atoms with Gasteiger partial charge in [-0.05, 0) is 0 Å². The molecule has 0 heterocycles. The molecule has 0 bridgehead atoms. The summed E-state index contributed by atoms with van der Waals surface area (Å²) in [5, 5.41) is 4.74. The number of nitrogens with zero attached hydrogens (tertiary/aromatic N) is 1. The average molecular weight is 286 g/mol. The zero-order chi connectivity index (χ0) is 12.0. The Morgan fingerprint density at radius 1 is 1.31 bits per heavy atom. The minimum atomic E-state index is -0.706. The average Bonchev–Trinajstić information content (AvgIpc) is 2.31. The second-order valence-electron chi connectivity index (χ2n) is 3.73. The lowest BCUT2D eigenvalue weighted by Crippen LogP contribution is -2.25. The lowest BCUT2D eigenvalue weighted by molar-refractivity contribution is -0.197. The molecule has 0 aliphatic heterocycles. The molecule has 88 valence electrons. The normalized spacial score (nSPS) is 12.6. The van der Waals surface area contributed by atoms with E-state index in [0.29, 0.717) is 5.33 Å². The van der Waals surface area contributed by atoms with Crippen molar-refractivity contribution in [3.8, 4) is 0 Å². The molecule has 0 atom stereocenters. The fraction of sp³-hybridized carbons (Fsp3) is 0.417. The van der Waals surface area contributed by atoms with Gasteiger partial charge < -0.3 is 9.57 Å². The maximum Gasteiger partial charge on any atom is 0.230 e. The first-order valence-electron chi connectivity index (χ1n) is 5.00. The Morgan fingerprint density at radius 3 is 2.44 bits per heavy atom. The third-order valence-electron chi connectivity index (χ3n) is 2.10. The number of rotatable bonds is 5. The summed E-state index contributed by atoms with van der Waals surface area (Å²) in [6, 6.07) is 9.88. The van der Waals surface area contributed by atoms with Gasteiger partial charge in [-0.3, -0.25) is 0 Å². The van der Waals surface area contributed by atoms with Gasteiger partial charge in [-0.2, -0.15) is 0 Å². The number of oxime groups is 1. The molecule has 0 aliphatic rings. The highest BCUT2D eigenvalue weighted by molar-refractivity contribution is 9.09. The fourth-order valence-electron chi connectivity index (χ4n) is 0.987. The first-order chi connectivity index (χ1) is 7.59. The van der Waals surface area contributed by atoms with E-state index >= 15 is 0 Å². The molecule has 0 amide bonds. The smallest absolute Gasteiger partial charge is 0.230 e. The Balaban J connectivity index is 2.79. The Bertz CT molecular complexity index is 349. The third-order valence-corrected chi connectivity index (χ3v) is 2.63. The Labute approximate surface area is 105 Å². The van der Waals surface area contributed by atoms with Crippen LogP contribution in [0.2, 0.25) is 0 Å². The van der Waals surface area contributed by atoms with Crippen LogP contribution in [0.15, 0.2) is 35.5 Å². The molecule has 1 aromatic rings. The van der Waals surface area contributed by atoms with Gasteiger partial charge >= 0.3 is 0 Å². The van der Waals surface area contributed by atoms with Crippen LogP contribution in [0.4, 0.5) is 0 Å². The highest BCUT2D eigenvalue weighted by Gasteiger charge is 2.17. The summed E-state index contributed by atoms with van der Waals surface area (Å²) in [4.78, 5) is 5.32. The maximum atomic E-state index is 5.32. The zero-order valence-corrected chi connectivity index (χ0v) is 11.3. The first-order valence-corrected chi connectivity index (χ1v) is 6.13. The van der Waals surface area contributed by atoms with E-state index in [4.69, 9.17) is 9.57 Å². The van der Waals surface area contributed by atoms with Gasteiger partial charge in [-0.25, -0.2) is 0 Å². The molecule has 0 N–H and O–H groups in total. The van der Waals surface area contributed by atoms with Gasteiger partial charge in [0.15, 0.2) is 0 Å². The van der Waals surface area contributed by atoms with Crippen molar-refractivity contribution >= 4 is 21.6 Å². The van der Waals surface area contributed by atoms with E-state index in [1.807, 2.05) is 44.2 Å². The van der Waals surface area contributed by atoms with E-state index in [1.54, 1.807) is 7.11 Å². The van der Waals surface area contributed by atoms with E-state index in [1.165, 1.54) is 0 Å². The second kappa shape index (κ2) is 6.01. The van der Waals surface area contributed by atoms with Crippen molar-refractivity contribution in [3.63, 3.8) is 0 Å². The maximum absolute atomic E-state index is 5.32. The SMILES string of the molecule is COC(C)(C)O/N=C(\CBr)c1ccccc1. The summed E-state index contributed by atoms with van der Waals surface area (Å²) < 4.78 is 5.12. The Hall–Kier alpha value is -0.870. The minimum absolute atomic E-state index is 0.636. The number of methoxy groups -OCH3 is 1. The molecule has 0 saturated carbocycles. The first kappa shape index (κ1) is 13.2. The van der Waals surface area contributed by atoms with Crippen molar-refractivity contribution in [3.05, 3.63) is 35.9 Å². The molecule has 4 heteroatoms. The lowest BCUT2D eigenvalue weighted by atomic mass is 10.1. The van der Waals surface area contributed by atoms with E-state index in [-0.39, 0.29) is 0 Å². The van der Waals surface area contributed by atoms with Crippen molar-refractivity contribution in [1.29, 1.82) is 0 Å². The molecule has 0 radical (unpaired) electrons. The predicted octanol–water partition coefficient (Wildman–Crippen LogP) is 3.18. The molecule has 3 nitrogen and oxygen atoms in total. The van der Waals surface area contributed by atoms with Crippen molar-refractivity contribution < 1.29 is 9.57 Å². The standard InChI is InChI=1S/C12H16BrNO2/c1-12(2,15-3)16-14-11(9-13)10-7-5-4-6-8-10/h4-8H,9H2,1-3H3/b14-11+. The lowest BCUT2D eigenvalue weighted by Gasteiger charge is -2.20. The zero-order valence-electron chi connectivity index (χ0n) is 9.74. The molecule has 16 heavy (non-hydrogen) atoms. The summed E-state index contributed by atoms with van der Waals surface area (Å²) >= 11 is 3.39. The van der Waals surface area contributed by atoms with Gasteiger partial charge in [0, 0.05) is 31.9 Å². The number of benzene rings is 1. The Morgan fingerprint density at radius 2 is 1.94 bits per heavy atom. The molecular weight excluding hydrogens is 270 g/mol. The molecule has 0 spiro atoms. The number of alkyl halides is 1. The van der Waals surface area contributed by atoms with E-state index in [0.717, 1.165) is 11.3 Å². The number of halogens is 1. The molecule has 1 rings (SSSR count). The van der Waals surface area contributed by atoms with Crippen LogP contribution in [-0.2, 0) is 9.57 Å². The molecule has 0 aliphatic carbocycles. The third kappa shape index (κ3) is 3.94. The van der Waals surface area contributed by atoms with Gasteiger partial charge in [0.05, 0.1) is 5.71 Å². The monoisotopic (exact) mass is 285 g/mol. The summed E-state index contributed by atoms with van der Waals surface area (Å²) in [6.07, 6.45) is 0. The van der Waals surface area contributed by atoms with E-state index in [2.05, 4.69) is 21.1 Å². The molecule has 0 saturated heterocycles. The van der Waals surface area contributed by atoms with E-state index in [9.17, 15) is 0 Å². The number of hydrogen-bond acceptors (Lipinski definition) is 3. The molecule has 1 aromatic carbocycles. The van der Waals surface area contributed by atoms with Gasteiger partial charge in [0.1, 0.15) is 0 Å². The van der Waals surface area contributed by atoms with Crippen LogP contribution >= 0.6 is 15.9 Å². The molecule has 0 unspecified atom stereocenters. The van der Waals surface area contributed by atoms with Crippen LogP contribution in [0.5, 0.6) is 0 Å². The van der Waals surface area contributed by atoms with Crippen molar-refractivity contribution in [2.75, 3.05) is 12.4 Å². The summed E-state index contributed by atoms with van der Waals surface area (Å²) in [5.41, 5.74) is 1.87. The molecule has 0 fully saturated rings. The van der Waals surface area contributed by atoms with E-state index < -0.39 is 5.79 Å². The van der Waals surface area contributed by atoms with Crippen LogP contribution in [0.1, 0.15) is 19.4 Å². The van der Waals surface area contributed by atoms with Gasteiger partial charge in [0.25, 0.3) is 0 Å². The summed E-state index contributed by atoms with van der Waals surface area (Å²) in [5.74, 6) is -0.706. The number of ether oxygens (including phenoxy) is 1. The van der Waals surface area contributed by atoms with Gasteiger partial charge in [-0.1, -0.05) is 51.4 Å². The van der Waals surface area contributed by atoms with Crippen LogP contribution in [0, 0.1) is 0 Å². The van der Waals surface area contributed by atoms with Crippen molar-refractivity contribution in [2.45, 2.75) is 19.6 Å². The quantitative estimate of drug-likeness (QED) is 0.360. The topological polar surface area (TPSA) is 30.8 Å². The van der Waals surface area contributed by atoms with Crippen LogP contribution in [-0.4, -0.2) is 23.9 Å². The van der Waals surface area contributed by atoms with Gasteiger partial charge in [0.2, 0.25) is 5.79 Å².